The number of amides is 1. The van der Waals surface area contributed by atoms with Gasteiger partial charge < -0.3 is 20.5 Å². The lowest BCUT2D eigenvalue weighted by atomic mass is 9.96. The fourth-order valence-electron chi connectivity index (χ4n) is 2.96. The van der Waals surface area contributed by atoms with E-state index in [2.05, 4.69) is 58.5 Å². The predicted octanol–water partition coefficient (Wildman–Crippen LogP) is 2.99. The standard InChI is InChI=1S/C21H23N3O4/c1-12(2)13-4-6-14(7-5-13)16-9-8-15-17(24-16)10-22-19(20(15)26)21(27)23-11-18(25)28-3/h4-10,12,16,24,26H,11H2,1-3H3,(H,23,27). The van der Waals surface area contributed by atoms with Crippen LogP contribution in [0.4, 0.5) is 5.69 Å². The van der Waals surface area contributed by atoms with E-state index in [9.17, 15) is 14.7 Å². The van der Waals surface area contributed by atoms with Gasteiger partial charge in [-0.2, -0.15) is 0 Å². The summed E-state index contributed by atoms with van der Waals surface area (Å²) in [6.07, 6.45) is 5.19. The fraction of sp³-hybridized carbons (Fsp3) is 0.286. The number of nitrogens with one attached hydrogen (secondary N) is 2. The monoisotopic (exact) mass is 381 g/mol. The summed E-state index contributed by atoms with van der Waals surface area (Å²) in [5.74, 6) is -1.00. The molecule has 1 aromatic heterocycles. The number of carbonyl (C=O) groups excluding carboxylic acids is 2. The third kappa shape index (κ3) is 3.98. The van der Waals surface area contributed by atoms with Crippen LogP contribution < -0.4 is 10.6 Å². The first-order valence-corrected chi connectivity index (χ1v) is 9.02. The van der Waals surface area contributed by atoms with Crippen LogP contribution in [0.5, 0.6) is 5.75 Å². The van der Waals surface area contributed by atoms with E-state index in [0.717, 1.165) is 5.56 Å². The quantitative estimate of drug-likeness (QED) is 0.689. The van der Waals surface area contributed by atoms with Gasteiger partial charge in [-0.05, 0) is 17.0 Å². The highest BCUT2D eigenvalue weighted by molar-refractivity contribution is 5.98. The molecule has 1 amide bonds. The number of rotatable bonds is 5. The van der Waals surface area contributed by atoms with E-state index >= 15 is 0 Å². The normalized spacial score (nSPS) is 14.9. The van der Waals surface area contributed by atoms with Crippen LogP contribution >= 0.6 is 0 Å². The van der Waals surface area contributed by atoms with Gasteiger partial charge in [0.1, 0.15) is 6.54 Å². The molecule has 28 heavy (non-hydrogen) atoms. The topological polar surface area (TPSA) is 101 Å². The van der Waals surface area contributed by atoms with E-state index < -0.39 is 11.9 Å². The van der Waals surface area contributed by atoms with Gasteiger partial charge in [0.05, 0.1) is 25.0 Å². The molecule has 0 bridgehead atoms. The van der Waals surface area contributed by atoms with Gasteiger partial charge in [0.15, 0.2) is 11.4 Å². The molecular formula is C21H23N3O4. The highest BCUT2D eigenvalue weighted by Gasteiger charge is 2.23. The lowest BCUT2D eigenvalue weighted by Gasteiger charge is -2.24. The van der Waals surface area contributed by atoms with Crippen LogP contribution in [0.2, 0.25) is 0 Å². The molecule has 0 saturated heterocycles. The van der Waals surface area contributed by atoms with Crippen molar-refractivity contribution in [3.8, 4) is 5.75 Å². The Balaban J connectivity index is 1.78. The minimum Gasteiger partial charge on any atom is -0.505 e. The molecule has 0 radical (unpaired) electrons. The lowest BCUT2D eigenvalue weighted by Crippen LogP contribution is -2.31. The second-order valence-corrected chi connectivity index (χ2v) is 6.84. The average Bonchev–Trinajstić information content (AvgIpc) is 2.71. The summed E-state index contributed by atoms with van der Waals surface area (Å²) >= 11 is 0. The van der Waals surface area contributed by atoms with E-state index in [1.54, 1.807) is 6.08 Å². The molecule has 7 nitrogen and oxygen atoms in total. The Kier molecular flexibility index (Phi) is 5.63. The molecule has 1 aromatic carbocycles. The first kappa shape index (κ1) is 19.4. The van der Waals surface area contributed by atoms with Crippen LogP contribution in [0, 0.1) is 0 Å². The first-order valence-electron chi connectivity index (χ1n) is 9.02. The SMILES string of the molecule is COC(=O)CNC(=O)c1ncc2c(c1O)C=CC(c1ccc(C(C)C)cc1)N2. The predicted molar refractivity (Wildman–Crippen MR) is 106 cm³/mol. The van der Waals surface area contributed by atoms with Crippen LogP contribution in [0.3, 0.4) is 0 Å². The molecule has 1 unspecified atom stereocenters. The fourth-order valence-corrected chi connectivity index (χ4v) is 2.96. The summed E-state index contributed by atoms with van der Waals surface area (Å²) in [5.41, 5.74) is 3.32. The van der Waals surface area contributed by atoms with Gasteiger partial charge in [0.25, 0.3) is 5.91 Å². The number of ether oxygens (including phenoxy) is 1. The van der Waals surface area contributed by atoms with Crippen molar-refractivity contribution in [2.24, 2.45) is 0 Å². The Morgan fingerprint density at radius 1 is 1.29 bits per heavy atom. The Morgan fingerprint density at radius 3 is 2.64 bits per heavy atom. The summed E-state index contributed by atoms with van der Waals surface area (Å²) in [4.78, 5) is 27.4. The van der Waals surface area contributed by atoms with Gasteiger partial charge in [-0.1, -0.05) is 50.3 Å². The van der Waals surface area contributed by atoms with Crippen LogP contribution in [0.1, 0.15) is 53.0 Å². The van der Waals surface area contributed by atoms with E-state index in [1.807, 2.05) is 6.08 Å². The van der Waals surface area contributed by atoms with Crippen molar-refractivity contribution in [2.45, 2.75) is 25.8 Å². The molecule has 1 atom stereocenters. The number of fused-ring (bicyclic) bond motifs is 1. The molecule has 7 heteroatoms. The maximum absolute atomic E-state index is 12.2. The number of methoxy groups -OCH3 is 1. The summed E-state index contributed by atoms with van der Waals surface area (Å²) in [7, 11) is 1.23. The molecule has 0 aliphatic carbocycles. The number of carbonyl (C=O) groups is 2. The molecule has 1 aliphatic heterocycles. The van der Waals surface area contributed by atoms with Gasteiger partial charge in [0.2, 0.25) is 0 Å². The van der Waals surface area contributed by atoms with Gasteiger partial charge >= 0.3 is 5.97 Å². The molecule has 146 valence electrons. The van der Waals surface area contributed by atoms with Crippen LogP contribution in [-0.2, 0) is 9.53 Å². The second-order valence-electron chi connectivity index (χ2n) is 6.84. The number of anilines is 1. The molecule has 0 saturated carbocycles. The maximum Gasteiger partial charge on any atom is 0.325 e. The maximum atomic E-state index is 12.2. The number of hydrogen-bond donors (Lipinski definition) is 3. The Bertz CT molecular complexity index is 920. The van der Waals surface area contributed by atoms with Crippen molar-refractivity contribution in [3.63, 3.8) is 0 Å². The number of benzene rings is 1. The van der Waals surface area contributed by atoms with Crippen molar-refractivity contribution in [1.29, 1.82) is 0 Å². The Morgan fingerprint density at radius 2 is 2.00 bits per heavy atom. The van der Waals surface area contributed by atoms with Crippen molar-refractivity contribution >= 4 is 23.6 Å². The molecule has 2 aromatic rings. The van der Waals surface area contributed by atoms with Gasteiger partial charge in [-0.25, -0.2) is 4.98 Å². The summed E-state index contributed by atoms with van der Waals surface area (Å²) < 4.78 is 4.47. The summed E-state index contributed by atoms with van der Waals surface area (Å²) in [6, 6.07) is 8.30. The zero-order valence-corrected chi connectivity index (χ0v) is 16.0. The number of pyridine rings is 1. The molecule has 1 aliphatic rings. The van der Waals surface area contributed by atoms with Crippen molar-refractivity contribution < 1.29 is 19.4 Å². The van der Waals surface area contributed by atoms with Crippen molar-refractivity contribution in [1.82, 2.24) is 10.3 Å². The van der Waals surface area contributed by atoms with E-state index in [-0.39, 0.29) is 24.0 Å². The van der Waals surface area contributed by atoms with Gasteiger partial charge in [0, 0.05) is 5.56 Å². The van der Waals surface area contributed by atoms with Crippen LogP contribution in [-0.4, -0.2) is 35.6 Å². The number of nitrogens with zero attached hydrogens (tertiary/aromatic N) is 1. The first-order chi connectivity index (χ1) is 13.4. The van der Waals surface area contributed by atoms with E-state index in [4.69, 9.17) is 0 Å². The zero-order valence-electron chi connectivity index (χ0n) is 16.0. The van der Waals surface area contributed by atoms with Gasteiger partial charge in [-0.3, -0.25) is 9.59 Å². The van der Waals surface area contributed by atoms with Gasteiger partial charge in [-0.15, -0.1) is 0 Å². The van der Waals surface area contributed by atoms with Crippen molar-refractivity contribution in [2.75, 3.05) is 19.0 Å². The minimum absolute atomic E-state index is 0.0612. The third-order valence-corrected chi connectivity index (χ3v) is 4.66. The second kappa shape index (κ2) is 8.12. The molecule has 3 N–H and O–H groups in total. The lowest BCUT2D eigenvalue weighted by molar-refractivity contribution is -0.139. The van der Waals surface area contributed by atoms with E-state index in [1.165, 1.54) is 18.9 Å². The number of hydrogen-bond acceptors (Lipinski definition) is 6. The highest BCUT2D eigenvalue weighted by Crippen LogP contribution is 2.36. The Labute approximate surface area is 163 Å². The molecule has 2 heterocycles. The molecule has 3 rings (SSSR count). The number of esters is 1. The molecular weight excluding hydrogens is 358 g/mol. The number of aromatic hydroxyl groups is 1. The largest absolute Gasteiger partial charge is 0.505 e. The van der Waals surface area contributed by atoms with Crippen LogP contribution in [0.15, 0.2) is 36.5 Å². The smallest absolute Gasteiger partial charge is 0.325 e. The molecule has 0 fully saturated rings. The number of aromatic nitrogens is 1. The van der Waals surface area contributed by atoms with Crippen LogP contribution in [0.25, 0.3) is 6.08 Å². The van der Waals surface area contributed by atoms with Crippen molar-refractivity contribution in [3.05, 3.63) is 58.9 Å². The minimum atomic E-state index is -0.648. The Hall–Kier alpha value is -3.35. The highest BCUT2D eigenvalue weighted by atomic mass is 16.5. The third-order valence-electron chi connectivity index (χ3n) is 4.66. The summed E-state index contributed by atoms with van der Waals surface area (Å²) in [5, 5.41) is 16.1. The summed E-state index contributed by atoms with van der Waals surface area (Å²) in [6.45, 7) is 4.00. The van der Waals surface area contributed by atoms with E-state index in [0.29, 0.717) is 17.2 Å². The average molecular weight is 381 g/mol. The molecule has 0 spiro atoms. The zero-order chi connectivity index (χ0) is 20.3.